The molecule has 0 aliphatic heterocycles. The average molecular weight is 344 g/mol. The number of unbranched alkanes of at least 4 members (excludes halogenated alkanes) is 3. The molecule has 0 aromatic carbocycles. The van der Waals surface area contributed by atoms with Crippen LogP contribution >= 0.6 is 11.8 Å². The van der Waals surface area contributed by atoms with Gasteiger partial charge in [-0.05, 0) is 50.0 Å². The number of carboxylic acids is 1. The van der Waals surface area contributed by atoms with Crippen molar-refractivity contribution in [1.82, 2.24) is 5.32 Å². The van der Waals surface area contributed by atoms with Gasteiger partial charge >= 0.3 is 5.97 Å². The molecule has 0 aromatic heterocycles. The minimum atomic E-state index is -0.919. The topological polar surface area (TPSA) is 66.4 Å². The molecule has 0 unspecified atom stereocenters. The lowest BCUT2D eigenvalue weighted by Gasteiger charge is -2.28. The predicted octanol–water partition coefficient (Wildman–Crippen LogP) is 4.09. The zero-order valence-electron chi connectivity index (χ0n) is 14.7. The van der Waals surface area contributed by atoms with Gasteiger partial charge < -0.3 is 10.4 Å². The second kappa shape index (κ2) is 11.8. The number of hydrogen-bond acceptors (Lipinski definition) is 3. The molecule has 1 fully saturated rings. The summed E-state index contributed by atoms with van der Waals surface area (Å²) >= 11 is 1.61. The summed E-state index contributed by atoms with van der Waals surface area (Å²) in [6.45, 7) is 2.23. The minimum Gasteiger partial charge on any atom is -0.480 e. The maximum Gasteiger partial charge on any atom is 0.326 e. The first kappa shape index (κ1) is 20.3. The van der Waals surface area contributed by atoms with Crippen LogP contribution in [0.25, 0.3) is 0 Å². The molecular formula is C18H33NO3S. The largest absolute Gasteiger partial charge is 0.480 e. The van der Waals surface area contributed by atoms with Gasteiger partial charge in [-0.25, -0.2) is 4.79 Å². The fourth-order valence-electron chi connectivity index (χ4n) is 3.36. The van der Waals surface area contributed by atoms with E-state index in [0.717, 1.165) is 37.4 Å². The van der Waals surface area contributed by atoms with Crippen molar-refractivity contribution in [1.29, 1.82) is 0 Å². The van der Waals surface area contributed by atoms with Crippen LogP contribution in [-0.2, 0) is 9.59 Å². The third-order valence-corrected chi connectivity index (χ3v) is 5.55. The fraction of sp³-hybridized carbons (Fsp3) is 0.889. The van der Waals surface area contributed by atoms with Gasteiger partial charge in [-0.2, -0.15) is 11.8 Å². The van der Waals surface area contributed by atoms with E-state index < -0.39 is 12.0 Å². The summed E-state index contributed by atoms with van der Waals surface area (Å²) < 4.78 is 0. The van der Waals surface area contributed by atoms with Gasteiger partial charge in [0.25, 0.3) is 0 Å². The predicted molar refractivity (Wildman–Crippen MR) is 96.8 cm³/mol. The van der Waals surface area contributed by atoms with Crippen molar-refractivity contribution in [3.8, 4) is 0 Å². The third kappa shape index (κ3) is 8.09. The number of carbonyl (C=O) groups is 2. The lowest BCUT2D eigenvalue weighted by molar-refractivity contribution is -0.142. The van der Waals surface area contributed by atoms with Crippen LogP contribution in [0.15, 0.2) is 0 Å². The lowest BCUT2D eigenvalue weighted by atomic mass is 9.79. The van der Waals surface area contributed by atoms with Crippen molar-refractivity contribution in [2.45, 2.75) is 77.2 Å². The number of aliphatic carboxylic acids is 1. The Morgan fingerprint density at radius 1 is 1.17 bits per heavy atom. The molecule has 0 heterocycles. The van der Waals surface area contributed by atoms with Gasteiger partial charge in [0, 0.05) is 5.92 Å². The maximum atomic E-state index is 12.3. The van der Waals surface area contributed by atoms with Crippen molar-refractivity contribution in [2.75, 3.05) is 12.0 Å². The van der Waals surface area contributed by atoms with Crippen LogP contribution in [0.4, 0.5) is 0 Å². The van der Waals surface area contributed by atoms with E-state index in [0.29, 0.717) is 6.42 Å². The molecule has 1 saturated carbocycles. The molecule has 134 valence electrons. The molecule has 1 aliphatic rings. The van der Waals surface area contributed by atoms with E-state index in [9.17, 15) is 14.7 Å². The van der Waals surface area contributed by atoms with Crippen LogP contribution in [0, 0.1) is 11.8 Å². The molecule has 0 bridgehead atoms. The first-order valence-corrected chi connectivity index (χ1v) is 10.5. The summed E-state index contributed by atoms with van der Waals surface area (Å²) in [5.74, 6) is 0.558. The van der Waals surface area contributed by atoms with Crippen LogP contribution in [-0.4, -0.2) is 35.0 Å². The fourth-order valence-corrected chi connectivity index (χ4v) is 3.83. The van der Waals surface area contributed by atoms with Crippen LogP contribution in [0.2, 0.25) is 0 Å². The quantitative estimate of drug-likeness (QED) is 0.555. The molecule has 1 amide bonds. The van der Waals surface area contributed by atoms with Gasteiger partial charge in [0.2, 0.25) is 5.91 Å². The number of nitrogens with one attached hydrogen (secondary N) is 1. The molecule has 5 heteroatoms. The van der Waals surface area contributed by atoms with Gasteiger partial charge in [0.15, 0.2) is 0 Å². The normalized spacial score (nSPS) is 22.5. The Morgan fingerprint density at radius 3 is 2.43 bits per heavy atom. The highest BCUT2D eigenvalue weighted by Crippen LogP contribution is 2.32. The standard InChI is InChI=1S/C18H33NO3S/c1-3-4-5-6-7-14-8-10-15(11-9-14)17(20)19-16(18(21)22)12-13-23-2/h14-16H,3-13H2,1-2H3,(H,19,20)(H,21,22)/t14?,15?,16-/m0/s1. The molecule has 2 N–H and O–H groups in total. The van der Waals surface area contributed by atoms with Gasteiger partial charge in [-0.3, -0.25) is 4.79 Å². The third-order valence-electron chi connectivity index (χ3n) is 4.91. The Bertz CT molecular complexity index is 354. The first-order valence-electron chi connectivity index (χ1n) is 9.10. The molecule has 0 radical (unpaired) electrons. The second-order valence-corrected chi connectivity index (χ2v) is 7.73. The molecule has 0 aromatic rings. The summed E-state index contributed by atoms with van der Waals surface area (Å²) in [5, 5.41) is 11.9. The van der Waals surface area contributed by atoms with E-state index in [-0.39, 0.29) is 11.8 Å². The highest BCUT2D eigenvalue weighted by molar-refractivity contribution is 7.98. The summed E-state index contributed by atoms with van der Waals surface area (Å²) in [7, 11) is 0. The van der Waals surface area contributed by atoms with Crippen molar-refractivity contribution >= 4 is 23.6 Å². The van der Waals surface area contributed by atoms with E-state index in [1.54, 1.807) is 11.8 Å². The van der Waals surface area contributed by atoms with Gasteiger partial charge in [0.05, 0.1) is 0 Å². The van der Waals surface area contributed by atoms with Gasteiger partial charge in [-0.15, -0.1) is 0 Å². The number of rotatable bonds is 11. The lowest BCUT2D eigenvalue weighted by Crippen LogP contribution is -2.44. The second-order valence-electron chi connectivity index (χ2n) is 6.75. The van der Waals surface area contributed by atoms with Gasteiger partial charge in [-0.1, -0.05) is 39.0 Å². The monoisotopic (exact) mass is 343 g/mol. The van der Waals surface area contributed by atoms with E-state index in [1.807, 2.05) is 6.26 Å². The molecule has 1 rings (SSSR count). The highest BCUT2D eigenvalue weighted by atomic mass is 32.2. The summed E-state index contributed by atoms with van der Waals surface area (Å²) in [6, 6.07) is -0.735. The number of carbonyl (C=O) groups excluding carboxylic acids is 1. The Kier molecular flexibility index (Phi) is 10.4. The molecule has 23 heavy (non-hydrogen) atoms. The van der Waals surface area contributed by atoms with Crippen LogP contribution in [0.1, 0.15) is 71.1 Å². The van der Waals surface area contributed by atoms with Gasteiger partial charge in [0.1, 0.15) is 6.04 Å². The van der Waals surface area contributed by atoms with Crippen molar-refractivity contribution < 1.29 is 14.7 Å². The Morgan fingerprint density at radius 2 is 1.87 bits per heavy atom. The number of hydrogen-bond donors (Lipinski definition) is 2. The molecular weight excluding hydrogens is 310 g/mol. The molecule has 1 aliphatic carbocycles. The van der Waals surface area contributed by atoms with Crippen LogP contribution < -0.4 is 5.32 Å². The summed E-state index contributed by atoms with van der Waals surface area (Å²) in [4.78, 5) is 23.5. The van der Waals surface area contributed by atoms with E-state index in [1.165, 1.54) is 32.1 Å². The zero-order chi connectivity index (χ0) is 17.1. The molecule has 0 spiro atoms. The van der Waals surface area contributed by atoms with Crippen LogP contribution in [0.5, 0.6) is 0 Å². The summed E-state index contributed by atoms with van der Waals surface area (Å²) in [5.41, 5.74) is 0. The van der Waals surface area contributed by atoms with Crippen LogP contribution in [0.3, 0.4) is 0 Å². The SMILES string of the molecule is CCCCCCC1CCC(C(=O)N[C@@H](CCSC)C(=O)O)CC1. The van der Waals surface area contributed by atoms with Crippen molar-refractivity contribution in [3.63, 3.8) is 0 Å². The van der Waals surface area contributed by atoms with Crippen molar-refractivity contribution in [2.24, 2.45) is 11.8 Å². The maximum absolute atomic E-state index is 12.3. The Balaban J connectivity index is 2.29. The Labute approximate surface area is 145 Å². The zero-order valence-corrected chi connectivity index (χ0v) is 15.5. The summed E-state index contributed by atoms with van der Waals surface area (Å²) in [6.07, 6.45) is 13.0. The molecule has 0 saturated heterocycles. The smallest absolute Gasteiger partial charge is 0.326 e. The number of carboxylic acid groups (broad SMARTS) is 1. The van der Waals surface area contributed by atoms with E-state index >= 15 is 0 Å². The molecule has 1 atom stereocenters. The number of thioether (sulfide) groups is 1. The minimum absolute atomic E-state index is 0.0121. The first-order chi connectivity index (χ1) is 11.1. The average Bonchev–Trinajstić information content (AvgIpc) is 2.55. The Hall–Kier alpha value is -0.710. The van der Waals surface area contributed by atoms with E-state index in [4.69, 9.17) is 0 Å². The molecule has 4 nitrogen and oxygen atoms in total. The number of amides is 1. The van der Waals surface area contributed by atoms with Crippen molar-refractivity contribution in [3.05, 3.63) is 0 Å². The highest BCUT2D eigenvalue weighted by Gasteiger charge is 2.28. The van der Waals surface area contributed by atoms with E-state index in [2.05, 4.69) is 12.2 Å².